The van der Waals surface area contributed by atoms with E-state index in [0.717, 1.165) is 0 Å². The molecule has 1 unspecified atom stereocenters. The van der Waals surface area contributed by atoms with E-state index in [2.05, 4.69) is 10.1 Å². The number of carbonyl (C=O) groups excluding carboxylic acids is 2. The largest absolute Gasteiger partial charge is 0.469 e. The molecule has 0 spiro atoms. The van der Waals surface area contributed by atoms with Crippen LogP contribution >= 0.6 is 0 Å². The summed E-state index contributed by atoms with van der Waals surface area (Å²) in [6, 6.07) is 0. The molecule has 1 N–H and O–H groups in total. The van der Waals surface area contributed by atoms with Crippen LogP contribution in [0.3, 0.4) is 0 Å². The van der Waals surface area contributed by atoms with Gasteiger partial charge in [-0.15, -0.1) is 0 Å². The van der Waals surface area contributed by atoms with Crippen molar-refractivity contribution in [2.75, 3.05) is 20.2 Å². The standard InChI is InChI=1S/C8H15NO3/c1-6(8(11)12-3)4-9-5-7(2)10/h6,9H,4-5H2,1-3H3. The Labute approximate surface area is 72.3 Å². The van der Waals surface area contributed by atoms with Crippen LogP contribution < -0.4 is 5.32 Å². The summed E-state index contributed by atoms with van der Waals surface area (Å²) in [4.78, 5) is 21.3. The highest BCUT2D eigenvalue weighted by atomic mass is 16.5. The average Bonchev–Trinajstić information content (AvgIpc) is 2.02. The second-order valence-corrected chi connectivity index (χ2v) is 2.76. The second-order valence-electron chi connectivity index (χ2n) is 2.76. The number of hydrogen-bond acceptors (Lipinski definition) is 4. The van der Waals surface area contributed by atoms with Crippen LogP contribution in [-0.2, 0) is 14.3 Å². The van der Waals surface area contributed by atoms with E-state index >= 15 is 0 Å². The Bertz CT molecular complexity index is 168. The smallest absolute Gasteiger partial charge is 0.309 e. The quantitative estimate of drug-likeness (QED) is 0.593. The molecule has 0 aromatic rings. The van der Waals surface area contributed by atoms with Gasteiger partial charge in [-0.2, -0.15) is 0 Å². The lowest BCUT2D eigenvalue weighted by Gasteiger charge is -2.08. The highest BCUT2D eigenvalue weighted by Crippen LogP contribution is 1.94. The van der Waals surface area contributed by atoms with Crippen LogP contribution in [0, 0.1) is 5.92 Å². The summed E-state index contributed by atoms with van der Waals surface area (Å²) in [6.07, 6.45) is 0. The van der Waals surface area contributed by atoms with Crippen LogP contribution in [0.4, 0.5) is 0 Å². The van der Waals surface area contributed by atoms with Crippen molar-refractivity contribution >= 4 is 11.8 Å². The Hall–Kier alpha value is -0.900. The number of methoxy groups -OCH3 is 1. The number of hydrogen-bond donors (Lipinski definition) is 1. The van der Waals surface area contributed by atoms with E-state index in [9.17, 15) is 9.59 Å². The summed E-state index contributed by atoms with van der Waals surface area (Å²) in [5.74, 6) is -0.396. The minimum Gasteiger partial charge on any atom is -0.469 e. The van der Waals surface area contributed by atoms with E-state index < -0.39 is 0 Å². The zero-order valence-corrected chi connectivity index (χ0v) is 7.72. The van der Waals surface area contributed by atoms with Gasteiger partial charge in [-0.05, 0) is 6.92 Å². The van der Waals surface area contributed by atoms with E-state index in [1.807, 2.05) is 0 Å². The fourth-order valence-corrected chi connectivity index (χ4v) is 0.749. The van der Waals surface area contributed by atoms with Gasteiger partial charge in [0.2, 0.25) is 0 Å². The van der Waals surface area contributed by atoms with Gasteiger partial charge in [0.1, 0.15) is 5.78 Å². The molecule has 1 atom stereocenters. The van der Waals surface area contributed by atoms with Gasteiger partial charge in [0, 0.05) is 6.54 Å². The van der Waals surface area contributed by atoms with Crippen LogP contribution in [0.1, 0.15) is 13.8 Å². The molecule has 0 saturated heterocycles. The van der Waals surface area contributed by atoms with Crippen LogP contribution in [0.2, 0.25) is 0 Å². The van der Waals surface area contributed by atoms with Crippen molar-refractivity contribution in [1.29, 1.82) is 0 Å². The fraction of sp³-hybridized carbons (Fsp3) is 0.750. The number of rotatable bonds is 5. The van der Waals surface area contributed by atoms with Gasteiger partial charge in [-0.3, -0.25) is 9.59 Å². The summed E-state index contributed by atoms with van der Waals surface area (Å²) in [7, 11) is 1.35. The van der Waals surface area contributed by atoms with Crippen LogP contribution in [0.25, 0.3) is 0 Å². The molecule has 4 nitrogen and oxygen atoms in total. The maximum atomic E-state index is 10.8. The van der Waals surface area contributed by atoms with E-state index in [4.69, 9.17) is 0 Å². The molecule has 70 valence electrons. The van der Waals surface area contributed by atoms with E-state index in [0.29, 0.717) is 13.1 Å². The highest BCUT2D eigenvalue weighted by molar-refractivity contribution is 5.77. The third-order valence-corrected chi connectivity index (χ3v) is 1.43. The molecule has 0 saturated carbocycles. The molecule has 0 fully saturated rings. The van der Waals surface area contributed by atoms with Crippen LogP contribution in [0.5, 0.6) is 0 Å². The van der Waals surface area contributed by atoms with Crippen LogP contribution in [0.15, 0.2) is 0 Å². The number of esters is 1. The maximum Gasteiger partial charge on any atom is 0.309 e. The molecule has 0 aliphatic heterocycles. The molecular weight excluding hydrogens is 158 g/mol. The predicted octanol–water partition coefficient (Wildman–Crippen LogP) is -0.0259. The van der Waals surface area contributed by atoms with E-state index in [1.165, 1.54) is 14.0 Å². The fourth-order valence-electron chi connectivity index (χ4n) is 0.749. The summed E-state index contributed by atoms with van der Waals surface area (Å²) >= 11 is 0. The monoisotopic (exact) mass is 173 g/mol. The minimum atomic E-state index is -0.258. The van der Waals surface area contributed by atoms with Crippen molar-refractivity contribution in [3.63, 3.8) is 0 Å². The third-order valence-electron chi connectivity index (χ3n) is 1.43. The van der Waals surface area contributed by atoms with Gasteiger partial charge >= 0.3 is 5.97 Å². The zero-order chi connectivity index (χ0) is 9.56. The Morgan fingerprint density at radius 2 is 2.08 bits per heavy atom. The lowest BCUT2D eigenvalue weighted by Crippen LogP contribution is -2.30. The van der Waals surface area contributed by atoms with Crippen molar-refractivity contribution in [3.8, 4) is 0 Å². The number of nitrogens with one attached hydrogen (secondary N) is 1. The van der Waals surface area contributed by atoms with Crippen molar-refractivity contribution in [2.45, 2.75) is 13.8 Å². The van der Waals surface area contributed by atoms with Crippen LogP contribution in [-0.4, -0.2) is 32.0 Å². The first-order valence-corrected chi connectivity index (χ1v) is 3.86. The summed E-state index contributed by atoms with van der Waals surface area (Å²) in [5.41, 5.74) is 0. The maximum absolute atomic E-state index is 10.8. The number of ether oxygens (including phenoxy) is 1. The molecule has 0 aromatic heterocycles. The van der Waals surface area contributed by atoms with Gasteiger partial charge in [-0.1, -0.05) is 6.92 Å². The number of carbonyl (C=O) groups is 2. The van der Waals surface area contributed by atoms with Crippen molar-refractivity contribution < 1.29 is 14.3 Å². The van der Waals surface area contributed by atoms with Crippen molar-refractivity contribution in [1.82, 2.24) is 5.32 Å². The van der Waals surface area contributed by atoms with Gasteiger partial charge < -0.3 is 10.1 Å². The molecule has 0 amide bonds. The first kappa shape index (κ1) is 11.1. The lowest BCUT2D eigenvalue weighted by atomic mass is 10.2. The molecule has 0 aromatic carbocycles. The van der Waals surface area contributed by atoms with Gasteiger partial charge in [0.05, 0.1) is 19.6 Å². The molecule has 4 heteroatoms. The van der Waals surface area contributed by atoms with Crippen molar-refractivity contribution in [3.05, 3.63) is 0 Å². The number of ketones is 1. The SMILES string of the molecule is COC(=O)C(C)CNCC(C)=O. The first-order chi connectivity index (χ1) is 5.57. The Morgan fingerprint density at radius 1 is 1.50 bits per heavy atom. The average molecular weight is 173 g/mol. The zero-order valence-electron chi connectivity index (χ0n) is 7.72. The third kappa shape index (κ3) is 4.85. The molecule has 0 heterocycles. The molecule has 0 rings (SSSR count). The predicted molar refractivity (Wildman–Crippen MR) is 44.7 cm³/mol. The summed E-state index contributed by atoms with van der Waals surface area (Å²) < 4.78 is 4.51. The molecule has 0 radical (unpaired) electrons. The molecular formula is C8H15NO3. The Morgan fingerprint density at radius 3 is 2.50 bits per heavy atom. The normalized spacial score (nSPS) is 12.2. The molecule has 0 aliphatic carbocycles. The van der Waals surface area contributed by atoms with E-state index in [-0.39, 0.29) is 17.7 Å². The number of Topliss-reactive ketones (excluding diaryl/α,β-unsaturated/α-hetero) is 1. The van der Waals surface area contributed by atoms with E-state index in [1.54, 1.807) is 6.92 Å². The molecule has 0 bridgehead atoms. The second kappa shape index (κ2) is 5.71. The Balaban J connectivity index is 3.50. The van der Waals surface area contributed by atoms with Gasteiger partial charge in [-0.25, -0.2) is 0 Å². The highest BCUT2D eigenvalue weighted by Gasteiger charge is 2.11. The molecule has 0 aliphatic rings. The van der Waals surface area contributed by atoms with Crippen molar-refractivity contribution in [2.24, 2.45) is 5.92 Å². The first-order valence-electron chi connectivity index (χ1n) is 3.86. The summed E-state index contributed by atoms with van der Waals surface area (Å²) in [6.45, 7) is 4.03. The van der Waals surface area contributed by atoms with Gasteiger partial charge in [0.25, 0.3) is 0 Å². The molecule has 12 heavy (non-hydrogen) atoms. The minimum absolute atomic E-state index is 0.0621. The topological polar surface area (TPSA) is 55.4 Å². The summed E-state index contributed by atoms with van der Waals surface area (Å²) in [5, 5.41) is 2.85. The Kier molecular flexibility index (Phi) is 5.28. The van der Waals surface area contributed by atoms with Gasteiger partial charge in [0.15, 0.2) is 0 Å². The lowest BCUT2D eigenvalue weighted by molar-refractivity contribution is -0.144.